The molecule has 20 heavy (non-hydrogen) atoms. The van der Waals surface area contributed by atoms with Gasteiger partial charge in [-0.15, -0.1) is 0 Å². The van der Waals surface area contributed by atoms with Crippen LogP contribution in [0.2, 0.25) is 0 Å². The fraction of sp³-hybridized carbons (Fsp3) is 0.500. The number of morpholine rings is 1. The zero-order valence-corrected chi connectivity index (χ0v) is 13.0. The number of rotatable bonds is 4. The normalized spacial score (nSPS) is 17.7. The predicted octanol–water partition coefficient (Wildman–Crippen LogP) is 3.32. The topological polar surface area (TPSA) is 61.8 Å². The van der Waals surface area contributed by atoms with Gasteiger partial charge in [-0.05, 0) is 24.1 Å². The number of hydrogen-bond donors (Lipinski definition) is 2. The van der Waals surface area contributed by atoms with Gasteiger partial charge in [-0.1, -0.05) is 28.9 Å². The van der Waals surface area contributed by atoms with Gasteiger partial charge < -0.3 is 9.84 Å². The second-order valence-corrected chi connectivity index (χ2v) is 5.65. The number of anilines is 1. The summed E-state index contributed by atoms with van der Waals surface area (Å²) in [7, 11) is 0. The monoisotopic (exact) mass is 342 g/mol. The molecule has 0 radical (unpaired) electrons. The van der Waals surface area contributed by atoms with E-state index >= 15 is 0 Å². The van der Waals surface area contributed by atoms with Crippen molar-refractivity contribution in [2.24, 2.45) is 0 Å². The number of carbonyl (C=O) groups is 1. The summed E-state index contributed by atoms with van der Waals surface area (Å²) in [5, 5.41) is 11.5. The van der Waals surface area contributed by atoms with Crippen molar-refractivity contribution >= 4 is 27.7 Å². The third-order valence-electron chi connectivity index (χ3n) is 3.49. The van der Waals surface area contributed by atoms with Crippen molar-refractivity contribution in [2.45, 2.75) is 19.4 Å². The number of nitrogens with one attached hydrogen (secondary N) is 1. The first-order valence-corrected chi connectivity index (χ1v) is 7.52. The van der Waals surface area contributed by atoms with Crippen LogP contribution in [0.15, 0.2) is 22.7 Å². The average molecular weight is 343 g/mol. The van der Waals surface area contributed by atoms with Crippen LogP contribution in [0.25, 0.3) is 0 Å². The molecule has 1 aromatic rings. The van der Waals surface area contributed by atoms with E-state index < -0.39 is 6.09 Å². The number of benzene rings is 1. The van der Waals surface area contributed by atoms with Crippen LogP contribution in [0.5, 0.6) is 0 Å². The highest BCUT2D eigenvalue weighted by Crippen LogP contribution is 2.32. The molecule has 0 spiro atoms. The minimum Gasteiger partial charge on any atom is -0.465 e. The fourth-order valence-electron chi connectivity index (χ4n) is 2.61. The molecule has 1 aromatic carbocycles. The Kier molecular flexibility index (Phi) is 5.39. The Morgan fingerprint density at radius 1 is 1.50 bits per heavy atom. The largest absolute Gasteiger partial charge is 0.465 e. The van der Waals surface area contributed by atoms with E-state index in [2.05, 4.69) is 33.1 Å². The van der Waals surface area contributed by atoms with Crippen LogP contribution < -0.4 is 5.32 Å². The lowest BCUT2D eigenvalue weighted by molar-refractivity contribution is 0.0154. The highest BCUT2D eigenvalue weighted by molar-refractivity contribution is 9.10. The molecule has 1 fully saturated rings. The van der Waals surface area contributed by atoms with Crippen molar-refractivity contribution in [2.75, 3.05) is 31.6 Å². The Bertz CT molecular complexity index is 475. The summed E-state index contributed by atoms with van der Waals surface area (Å²) >= 11 is 3.39. The molecule has 0 aromatic heterocycles. The number of ether oxygens (including phenoxy) is 1. The first-order chi connectivity index (χ1) is 9.61. The minimum atomic E-state index is -1.04. The molecule has 0 bridgehead atoms. The maximum absolute atomic E-state index is 11.0. The zero-order chi connectivity index (χ0) is 14.5. The fourth-order valence-corrected chi connectivity index (χ4v) is 2.97. The zero-order valence-electron chi connectivity index (χ0n) is 11.4. The molecular formula is C14H19BrN2O3. The third kappa shape index (κ3) is 3.71. The summed E-state index contributed by atoms with van der Waals surface area (Å²) in [6, 6.07) is 5.95. The van der Waals surface area contributed by atoms with Gasteiger partial charge >= 0.3 is 6.09 Å². The van der Waals surface area contributed by atoms with Crippen LogP contribution in [0.4, 0.5) is 10.5 Å². The molecule has 1 heterocycles. The van der Waals surface area contributed by atoms with Gasteiger partial charge in [0.15, 0.2) is 0 Å². The van der Waals surface area contributed by atoms with Crippen molar-refractivity contribution in [3.8, 4) is 0 Å². The van der Waals surface area contributed by atoms with Gasteiger partial charge in [0.1, 0.15) is 0 Å². The van der Waals surface area contributed by atoms with Gasteiger partial charge in [-0.25, -0.2) is 4.79 Å². The van der Waals surface area contributed by atoms with Crippen molar-refractivity contribution < 1.29 is 14.6 Å². The summed E-state index contributed by atoms with van der Waals surface area (Å²) in [6.07, 6.45) is -0.114. The molecule has 110 valence electrons. The van der Waals surface area contributed by atoms with E-state index in [0.29, 0.717) is 5.69 Å². The van der Waals surface area contributed by atoms with Gasteiger partial charge in [0, 0.05) is 29.3 Å². The Morgan fingerprint density at radius 3 is 2.80 bits per heavy atom. The molecule has 5 nitrogen and oxygen atoms in total. The SMILES string of the molecule is CCC(c1ccc(Br)cc1NC(=O)O)N1CCOCC1. The lowest BCUT2D eigenvalue weighted by atomic mass is 10.00. The van der Waals surface area contributed by atoms with E-state index in [1.165, 1.54) is 0 Å². The smallest absolute Gasteiger partial charge is 0.409 e. The highest BCUT2D eigenvalue weighted by Gasteiger charge is 2.23. The van der Waals surface area contributed by atoms with Crippen LogP contribution in [-0.2, 0) is 4.74 Å². The van der Waals surface area contributed by atoms with Crippen LogP contribution in [0.3, 0.4) is 0 Å². The molecule has 0 saturated carbocycles. The van der Waals surface area contributed by atoms with E-state index in [0.717, 1.165) is 42.8 Å². The second-order valence-electron chi connectivity index (χ2n) is 4.73. The Hall–Kier alpha value is -1.11. The maximum atomic E-state index is 11.0. The third-order valence-corrected chi connectivity index (χ3v) is 3.98. The van der Waals surface area contributed by atoms with Gasteiger partial charge in [0.05, 0.1) is 13.2 Å². The molecule has 1 unspecified atom stereocenters. The maximum Gasteiger partial charge on any atom is 0.409 e. The molecule has 1 atom stereocenters. The predicted molar refractivity (Wildman–Crippen MR) is 81.2 cm³/mol. The number of hydrogen-bond acceptors (Lipinski definition) is 3. The lowest BCUT2D eigenvalue weighted by Gasteiger charge is -2.35. The lowest BCUT2D eigenvalue weighted by Crippen LogP contribution is -2.39. The van der Waals surface area contributed by atoms with Crippen molar-refractivity contribution in [1.29, 1.82) is 0 Å². The second kappa shape index (κ2) is 7.06. The summed E-state index contributed by atoms with van der Waals surface area (Å²) in [5.74, 6) is 0. The molecule has 6 heteroatoms. The van der Waals surface area contributed by atoms with Crippen molar-refractivity contribution in [3.05, 3.63) is 28.2 Å². The van der Waals surface area contributed by atoms with Crippen LogP contribution in [0.1, 0.15) is 24.9 Å². The van der Waals surface area contributed by atoms with E-state index in [-0.39, 0.29) is 6.04 Å². The van der Waals surface area contributed by atoms with E-state index in [9.17, 15) is 4.79 Å². The standard InChI is InChI=1S/C14H19BrN2O3/c1-2-13(17-5-7-20-8-6-17)11-4-3-10(15)9-12(11)16-14(18)19/h3-4,9,13,16H,2,5-8H2,1H3,(H,18,19). The minimum absolute atomic E-state index is 0.203. The van der Waals surface area contributed by atoms with Gasteiger partial charge in [-0.3, -0.25) is 10.2 Å². The molecule has 0 aliphatic carbocycles. The molecule has 1 aliphatic rings. The van der Waals surface area contributed by atoms with Gasteiger partial charge in [-0.2, -0.15) is 0 Å². The molecule has 2 rings (SSSR count). The van der Waals surface area contributed by atoms with Gasteiger partial charge in [0.25, 0.3) is 0 Å². The summed E-state index contributed by atoms with van der Waals surface area (Å²) in [6.45, 7) is 5.33. The van der Waals surface area contributed by atoms with Crippen molar-refractivity contribution in [1.82, 2.24) is 4.90 Å². The molecule has 1 aliphatic heterocycles. The summed E-state index contributed by atoms with van der Waals surface area (Å²) in [4.78, 5) is 13.3. The first kappa shape index (κ1) is 15.3. The summed E-state index contributed by atoms with van der Waals surface area (Å²) < 4.78 is 6.25. The summed E-state index contributed by atoms with van der Waals surface area (Å²) in [5.41, 5.74) is 1.66. The quantitative estimate of drug-likeness (QED) is 0.880. The Labute approximate surface area is 127 Å². The number of amides is 1. The Morgan fingerprint density at radius 2 is 2.20 bits per heavy atom. The van der Waals surface area contributed by atoms with Crippen LogP contribution in [0, 0.1) is 0 Å². The number of nitrogens with zero attached hydrogens (tertiary/aromatic N) is 1. The molecular weight excluding hydrogens is 324 g/mol. The van der Waals surface area contributed by atoms with Crippen LogP contribution in [-0.4, -0.2) is 42.4 Å². The average Bonchev–Trinajstić information content (AvgIpc) is 2.42. The molecule has 2 N–H and O–H groups in total. The Balaban J connectivity index is 2.29. The van der Waals surface area contributed by atoms with E-state index in [1.807, 2.05) is 18.2 Å². The van der Waals surface area contributed by atoms with Crippen LogP contribution >= 0.6 is 15.9 Å². The number of carboxylic acid groups (broad SMARTS) is 1. The van der Waals surface area contributed by atoms with Gasteiger partial charge in [0.2, 0.25) is 0 Å². The van der Waals surface area contributed by atoms with E-state index in [1.54, 1.807) is 0 Å². The van der Waals surface area contributed by atoms with Crippen molar-refractivity contribution in [3.63, 3.8) is 0 Å². The number of halogens is 1. The highest BCUT2D eigenvalue weighted by atomic mass is 79.9. The first-order valence-electron chi connectivity index (χ1n) is 6.73. The molecule has 1 amide bonds. The molecule has 1 saturated heterocycles. The van der Waals surface area contributed by atoms with E-state index in [4.69, 9.17) is 9.84 Å².